The van der Waals surface area contributed by atoms with Crippen molar-refractivity contribution in [3.63, 3.8) is 0 Å². The zero-order valence-electron chi connectivity index (χ0n) is 13.5. The van der Waals surface area contributed by atoms with Gasteiger partial charge in [-0.25, -0.2) is 0 Å². The number of carbonyl (C=O) groups is 1. The Labute approximate surface area is 128 Å². The Hall–Kier alpha value is -0.690. The van der Waals surface area contributed by atoms with Gasteiger partial charge < -0.3 is 25.0 Å². The van der Waals surface area contributed by atoms with Crippen molar-refractivity contribution < 1.29 is 14.3 Å². The molecule has 0 saturated carbocycles. The number of ether oxygens (including phenoxy) is 2. The molecule has 1 aliphatic heterocycles. The molecule has 1 amide bonds. The highest BCUT2D eigenvalue weighted by Crippen LogP contribution is 2.10. The largest absolute Gasteiger partial charge is 0.378 e. The second-order valence-corrected chi connectivity index (χ2v) is 5.73. The van der Waals surface area contributed by atoms with Crippen molar-refractivity contribution in [2.75, 3.05) is 52.6 Å². The fourth-order valence-electron chi connectivity index (χ4n) is 2.50. The highest BCUT2D eigenvalue weighted by molar-refractivity contribution is 5.45. The highest BCUT2D eigenvalue weighted by atomic mass is 16.5. The quantitative estimate of drug-likeness (QED) is 0.399. The molecule has 0 aromatic carbocycles. The van der Waals surface area contributed by atoms with Crippen LogP contribution in [0.1, 0.15) is 26.7 Å². The summed E-state index contributed by atoms with van der Waals surface area (Å²) in [5.41, 5.74) is 0. The summed E-state index contributed by atoms with van der Waals surface area (Å²) in [5, 5.41) is 6.16. The van der Waals surface area contributed by atoms with Crippen molar-refractivity contribution in [2.45, 2.75) is 38.8 Å². The molecule has 0 aliphatic carbocycles. The first-order valence-electron chi connectivity index (χ1n) is 8.03. The molecular formula is C15H31N3O3. The molecule has 1 aliphatic rings. The van der Waals surface area contributed by atoms with Gasteiger partial charge in [0.25, 0.3) is 0 Å². The van der Waals surface area contributed by atoms with Crippen LogP contribution in [-0.2, 0) is 14.3 Å². The van der Waals surface area contributed by atoms with Crippen LogP contribution in [0.5, 0.6) is 0 Å². The molecule has 124 valence electrons. The van der Waals surface area contributed by atoms with Gasteiger partial charge in [0.05, 0.1) is 26.4 Å². The summed E-state index contributed by atoms with van der Waals surface area (Å²) in [6.45, 7) is 10.8. The lowest BCUT2D eigenvalue weighted by Crippen LogP contribution is -2.45. The first-order valence-corrected chi connectivity index (χ1v) is 8.03. The molecule has 1 fully saturated rings. The van der Waals surface area contributed by atoms with Gasteiger partial charge in [0, 0.05) is 25.2 Å². The summed E-state index contributed by atoms with van der Waals surface area (Å²) in [5.74, 6) is 0. The summed E-state index contributed by atoms with van der Waals surface area (Å²) in [6, 6.07) is 1.25. The Morgan fingerprint density at radius 1 is 1.14 bits per heavy atom. The van der Waals surface area contributed by atoms with E-state index in [1.807, 2.05) is 0 Å². The van der Waals surface area contributed by atoms with E-state index in [0.29, 0.717) is 44.9 Å². The van der Waals surface area contributed by atoms with Crippen molar-refractivity contribution in [1.82, 2.24) is 15.5 Å². The van der Waals surface area contributed by atoms with Gasteiger partial charge in [-0.3, -0.25) is 4.79 Å². The molecule has 0 atom stereocenters. The molecule has 0 radical (unpaired) electrons. The standard InChI is InChI=1S/C15H31N3O3/c1-14(2)17-15-3-6-18(7-4-15)8-10-21-12-11-20-9-5-16-13-19/h13-15,17H,3-12H2,1-2H3,(H,16,19). The van der Waals surface area contributed by atoms with E-state index in [1.165, 1.54) is 12.8 Å². The van der Waals surface area contributed by atoms with Gasteiger partial charge in [-0.15, -0.1) is 0 Å². The second kappa shape index (κ2) is 11.9. The van der Waals surface area contributed by atoms with Crippen molar-refractivity contribution in [1.29, 1.82) is 0 Å². The lowest BCUT2D eigenvalue weighted by atomic mass is 10.0. The smallest absolute Gasteiger partial charge is 0.207 e. The first-order chi connectivity index (χ1) is 10.2. The minimum absolute atomic E-state index is 0.540. The fourth-order valence-corrected chi connectivity index (χ4v) is 2.50. The van der Waals surface area contributed by atoms with E-state index in [-0.39, 0.29) is 0 Å². The van der Waals surface area contributed by atoms with Gasteiger partial charge >= 0.3 is 0 Å². The van der Waals surface area contributed by atoms with Crippen molar-refractivity contribution in [3.8, 4) is 0 Å². The molecule has 2 N–H and O–H groups in total. The van der Waals surface area contributed by atoms with Gasteiger partial charge in [0.1, 0.15) is 0 Å². The van der Waals surface area contributed by atoms with Crippen molar-refractivity contribution >= 4 is 6.41 Å². The number of nitrogens with zero attached hydrogens (tertiary/aromatic N) is 1. The monoisotopic (exact) mass is 301 g/mol. The maximum Gasteiger partial charge on any atom is 0.207 e. The SMILES string of the molecule is CC(C)NC1CCN(CCOCCOCCNC=O)CC1. The number of likely N-dealkylation sites (tertiary alicyclic amines) is 1. The molecule has 1 heterocycles. The molecule has 1 rings (SSSR count). The van der Waals surface area contributed by atoms with Crippen LogP contribution < -0.4 is 10.6 Å². The predicted octanol–water partition coefficient (Wildman–Crippen LogP) is 0.228. The number of hydrogen-bond acceptors (Lipinski definition) is 5. The van der Waals surface area contributed by atoms with Gasteiger partial charge in [-0.1, -0.05) is 13.8 Å². The van der Waals surface area contributed by atoms with E-state index in [2.05, 4.69) is 29.4 Å². The third-order valence-corrected chi connectivity index (χ3v) is 3.55. The number of carbonyl (C=O) groups excluding carboxylic acids is 1. The van der Waals surface area contributed by atoms with Crippen molar-refractivity contribution in [2.24, 2.45) is 0 Å². The van der Waals surface area contributed by atoms with Crippen LogP contribution in [0.25, 0.3) is 0 Å². The number of amides is 1. The summed E-state index contributed by atoms with van der Waals surface area (Å²) in [6.07, 6.45) is 3.13. The summed E-state index contributed by atoms with van der Waals surface area (Å²) in [7, 11) is 0. The Morgan fingerprint density at radius 2 is 1.81 bits per heavy atom. The van der Waals surface area contributed by atoms with Gasteiger partial charge in [-0.2, -0.15) is 0 Å². The zero-order chi connectivity index (χ0) is 15.3. The molecule has 21 heavy (non-hydrogen) atoms. The minimum Gasteiger partial charge on any atom is -0.378 e. The Balaban J connectivity index is 1.87. The van der Waals surface area contributed by atoms with E-state index >= 15 is 0 Å². The second-order valence-electron chi connectivity index (χ2n) is 5.73. The van der Waals surface area contributed by atoms with E-state index < -0.39 is 0 Å². The molecule has 0 spiro atoms. The molecule has 0 unspecified atom stereocenters. The third-order valence-electron chi connectivity index (χ3n) is 3.55. The fraction of sp³-hybridized carbons (Fsp3) is 0.933. The van der Waals surface area contributed by atoms with Crippen molar-refractivity contribution in [3.05, 3.63) is 0 Å². The molecule has 6 heteroatoms. The Kier molecular flexibility index (Phi) is 10.4. The van der Waals surface area contributed by atoms with Crippen LogP contribution in [0, 0.1) is 0 Å². The molecular weight excluding hydrogens is 270 g/mol. The predicted molar refractivity (Wildman–Crippen MR) is 83.4 cm³/mol. The van der Waals surface area contributed by atoms with Crippen LogP contribution in [0.3, 0.4) is 0 Å². The number of rotatable bonds is 12. The molecule has 0 bridgehead atoms. The number of nitrogens with one attached hydrogen (secondary N) is 2. The van der Waals surface area contributed by atoms with E-state index in [0.717, 1.165) is 26.2 Å². The van der Waals surface area contributed by atoms with Crippen LogP contribution in [-0.4, -0.2) is 76.0 Å². The van der Waals surface area contributed by atoms with Crippen LogP contribution in [0.15, 0.2) is 0 Å². The summed E-state index contributed by atoms with van der Waals surface area (Å²) >= 11 is 0. The topological polar surface area (TPSA) is 62.8 Å². The lowest BCUT2D eigenvalue weighted by Gasteiger charge is -2.33. The Morgan fingerprint density at radius 3 is 2.43 bits per heavy atom. The van der Waals surface area contributed by atoms with Gasteiger partial charge in [0.15, 0.2) is 0 Å². The lowest BCUT2D eigenvalue weighted by molar-refractivity contribution is -0.109. The first kappa shape index (κ1) is 18.4. The van der Waals surface area contributed by atoms with Crippen LogP contribution in [0.4, 0.5) is 0 Å². The summed E-state index contributed by atoms with van der Waals surface area (Å²) in [4.78, 5) is 12.5. The van der Waals surface area contributed by atoms with E-state index in [1.54, 1.807) is 0 Å². The van der Waals surface area contributed by atoms with Crippen LogP contribution in [0.2, 0.25) is 0 Å². The number of piperidine rings is 1. The zero-order valence-corrected chi connectivity index (χ0v) is 13.5. The van der Waals surface area contributed by atoms with Gasteiger partial charge in [-0.05, 0) is 25.9 Å². The molecule has 0 aromatic heterocycles. The van der Waals surface area contributed by atoms with E-state index in [4.69, 9.17) is 9.47 Å². The summed E-state index contributed by atoms with van der Waals surface area (Å²) < 4.78 is 10.9. The highest BCUT2D eigenvalue weighted by Gasteiger charge is 2.18. The maximum atomic E-state index is 10.0. The number of hydrogen-bond donors (Lipinski definition) is 2. The Bertz CT molecular complexity index is 257. The van der Waals surface area contributed by atoms with E-state index in [9.17, 15) is 4.79 Å². The molecule has 0 aromatic rings. The maximum absolute atomic E-state index is 10.0. The van der Waals surface area contributed by atoms with Gasteiger partial charge in [0.2, 0.25) is 6.41 Å². The average Bonchev–Trinajstić information content (AvgIpc) is 2.47. The average molecular weight is 301 g/mol. The minimum atomic E-state index is 0.540. The molecule has 1 saturated heterocycles. The normalized spacial score (nSPS) is 17.3. The third kappa shape index (κ3) is 9.79. The molecule has 6 nitrogen and oxygen atoms in total. The van der Waals surface area contributed by atoms with Crippen LogP contribution >= 0.6 is 0 Å².